The number of aromatic nitrogens is 10. The molecule has 0 unspecified atom stereocenters. The van der Waals surface area contributed by atoms with Crippen LogP contribution >= 0.6 is 70.2 Å². The molecule has 8 heterocycles. The number of carboxylic acid groups (broad SMARTS) is 2. The van der Waals surface area contributed by atoms with Crippen LogP contribution in [0.3, 0.4) is 0 Å². The number of hydrogen-bond acceptors (Lipinski definition) is 12. The molecule has 0 saturated carbocycles. The number of carbonyl (C=O) groups is 2. The molecule has 16 nitrogen and oxygen atoms in total. The maximum Gasteiger partial charge on any atom is 0.352 e. The molecule has 12 aromatic rings. The van der Waals surface area contributed by atoms with Crippen LogP contribution in [0.25, 0.3) is 65.6 Å². The maximum absolute atomic E-state index is 12.7. The van der Waals surface area contributed by atoms with Crippen molar-refractivity contribution in [2.24, 2.45) is 28.2 Å². The molecule has 6 aromatic carbocycles. The van der Waals surface area contributed by atoms with Crippen LogP contribution in [0, 0.1) is 27.7 Å². The lowest BCUT2D eigenvalue weighted by Gasteiger charge is -2.14. The number of thioether (sulfide) groups is 4. The van der Waals surface area contributed by atoms with Crippen LogP contribution in [-0.4, -0.2) is 83.6 Å². The van der Waals surface area contributed by atoms with Crippen LogP contribution in [0.4, 0.5) is 0 Å². The normalized spacial score (nSPS) is 14.3. The lowest BCUT2D eigenvalue weighted by atomic mass is 9.97. The van der Waals surface area contributed by atoms with Crippen molar-refractivity contribution in [2.75, 3.05) is 13.2 Å². The average molecular weight is 1340 g/mol. The van der Waals surface area contributed by atoms with Gasteiger partial charge in [-0.25, -0.2) is 9.59 Å². The molecule has 92 heavy (non-hydrogen) atoms. The minimum atomic E-state index is -0.963. The Morgan fingerprint density at radius 2 is 0.902 bits per heavy atom. The first-order valence-electron chi connectivity index (χ1n) is 30.3. The lowest BCUT2D eigenvalue weighted by molar-refractivity contribution is 0.0673. The van der Waals surface area contributed by atoms with Crippen LogP contribution in [0.2, 0.25) is 10.0 Å². The molecule has 2 aliphatic heterocycles. The molecule has 0 spiro atoms. The summed E-state index contributed by atoms with van der Waals surface area (Å²) in [7, 11) is 7.88. The van der Waals surface area contributed by atoms with Crippen molar-refractivity contribution in [3.8, 4) is 33.8 Å². The van der Waals surface area contributed by atoms with Crippen molar-refractivity contribution in [3.05, 3.63) is 187 Å². The lowest BCUT2D eigenvalue weighted by Crippen LogP contribution is -2.12. The number of aryl methyl sites for hydroxylation is 8. The van der Waals surface area contributed by atoms with E-state index >= 15 is 0 Å². The third-order valence-electron chi connectivity index (χ3n) is 17.5. The van der Waals surface area contributed by atoms with E-state index in [4.69, 9.17) is 53.1 Å². The second kappa shape index (κ2) is 26.3. The third kappa shape index (κ3) is 12.1. The quantitative estimate of drug-likeness (QED) is 0.167. The first-order chi connectivity index (χ1) is 44.4. The number of ether oxygens (including phenoxy) is 2. The number of halogens is 2. The topological polar surface area (TPSA) is 174 Å². The van der Waals surface area contributed by atoms with Gasteiger partial charge in [0, 0.05) is 173 Å². The van der Waals surface area contributed by atoms with E-state index in [1.807, 2.05) is 132 Å². The number of hydrogen-bond donors (Lipinski definition) is 2. The van der Waals surface area contributed by atoms with E-state index in [0.29, 0.717) is 71.8 Å². The minimum absolute atomic E-state index is 0.271. The van der Waals surface area contributed by atoms with Gasteiger partial charge >= 0.3 is 11.9 Å². The van der Waals surface area contributed by atoms with Gasteiger partial charge in [-0.05, 0) is 123 Å². The fourth-order valence-electron chi connectivity index (χ4n) is 13.0. The van der Waals surface area contributed by atoms with Gasteiger partial charge in [0.05, 0.1) is 36.0 Å². The Morgan fingerprint density at radius 3 is 1.32 bits per heavy atom. The first kappa shape index (κ1) is 63.1. The molecule has 0 radical (unpaired) electrons. The highest BCUT2D eigenvalue weighted by Gasteiger charge is 2.30. The summed E-state index contributed by atoms with van der Waals surface area (Å²) in [6.45, 7) is 9.67. The van der Waals surface area contributed by atoms with Crippen molar-refractivity contribution >= 4 is 126 Å². The van der Waals surface area contributed by atoms with E-state index in [1.54, 1.807) is 47.0 Å². The number of fused-ring (bicyclic) bond motifs is 16. The van der Waals surface area contributed by atoms with Crippen molar-refractivity contribution in [1.29, 1.82) is 0 Å². The van der Waals surface area contributed by atoms with Gasteiger partial charge in [-0.2, -0.15) is 20.4 Å². The molecule has 472 valence electrons. The van der Waals surface area contributed by atoms with Crippen LogP contribution in [0.1, 0.15) is 90.5 Å². The highest BCUT2D eigenvalue weighted by atomic mass is 35.5. The van der Waals surface area contributed by atoms with Gasteiger partial charge in [-0.15, -0.1) is 47.0 Å². The van der Waals surface area contributed by atoms with Crippen LogP contribution in [0.5, 0.6) is 11.5 Å². The molecule has 2 aliphatic rings. The fourth-order valence-corrected chi connectivity index (χ4v) is 17.2. The van der Waals surface area contributed by atoms with E-state index in [0.717, 1.165) is 155 Å². The average Bonchev–Trinajstić information content (AvgIpc) is 1.59. The van der Waals surface area contributed by atoms with Crippen LogP contribution in [-0.2, 0) is 75.8 Å². The van der Waals surface area contributed by atoms with Crippen LogP contribution < -0.4 is 9.47 Å². The number of rotatable bonds is 2. The molecule has 2 N–H and O–H groups in total. The molecule has 16 bridgehead atoms. The van der Waals surface area contributed by atoms with Gasteiger partial charge in [-0.1, -0.05) is 71.7 Å². The van der Waals surface area contributed by atoms with E-state index < -0.39 is 11.9 Å². The Morgan fingerprint density at radius 1 is 0.489 bits per heavy atom. The summed E-state index contributed by atoms with van der Waals surface area (Å²) in [6.07, 6.45) is 1.25. The van der Waals surface area contributed by atoms with E-state index in [1.165, 1.54) is 0 Å². The van der Waals surface area contributed by atoms with Crippen molar-refractivity contribution in [3.63, 3.8) is 0 Å². The number of benzene rings is 6. The van der Waals surface area contributed by atoms with Gasteiger partial charge in [0.1, 0.15) is 22.9 Å². The van der Waals surface area contributed by atoms with Gasteiger partial charge in [0.2, 0.25) is 0 Å². The molecule has 6 aromatic heterocycles. The van der Waals surface area contributed by atoms with Gasteiger partial charge < -0.3 is 28.8 Å². The van der Waals surface area contributed by atoms with Crippen molar-refractivity contribution < 1.29 is 29.3 Å². The van der Waals surface area contributed by atoms with Crippen molar-refractivity contribution in [2.45, 2.75) is 97.9 Å². The fraction of sp³-hybridized carbons (Fsp3) is 0.286. The molecule has 0 saturated heterocycles. The molecule has 0 fully saturated rings. The van der Waals surface area contributed by atoms with Crippen molar-refractivity contribution in [1.82, 2.24) is 48.3 Å². The Labute approximate surface area is 559 Å². The summed E-state index contributed by atoms with van der Waals surface area (Å²) in [6, 6.07) is 37.1. The first-order valence-corrected chi connectivity index (χ1v) is 35.4. The predicted octanol–water partition coefficient (Wildman–Crippen LogP) is 16.8. The summed E-state index contributed by atoms with van der Waals surface area (Å²) < 4.78 is 24.4. The van der Waals surface area contributed by atoms with Crippen LogP contribution in [0.15, 0.2) is 119 Å². The zero-order chi connectivity index (χ0) is 64.2. The van der Waals surface area contributed by atoms with E-state index in [2.05, 4.69) is 60.7 Å². The largest absolute Gasteiger partial charge is 0.493 e. The smallest absolute Gasteiger partial charge is 0.352 e. The summed E-state index contributed by atoms with van der Waals surface area (Å²) in [5.41, 5.74) is 15.3. The second-order valence-electron chi connectivity index (χ2n) is 23.3. The Bertz CT molecular complexity index is 4600. The molecule has 14 rings (SSSR count). The van der Waals surface area contributed by atoms with Gasteiger partial charge in [-0.3, -0.25) is 18.7 Å². The van der Waals surface area contributed by atoms with Gasteiger partial charge in [0.25, 0.3) is 0 Å². The zero-order valence-electron chi connectivity index (χ0n) is 52.3. The molecular weight excluding hydrogens is 1280 g/mol. The van der Waals surface area contributed by atoms with E-state index in [-0.39, 0.29) is 11.4 Å². The molecular formula is C70H68Cl2N10O6S4. The van der Waals surface area contributed by atoms with Gasteiger partial charge in [0.15, 0.2) is 0 Å². The maximum atomic E-state index is 12.7. The van der Waals surface area contributed by atoms with E-state index in [9.17, 15) is 19.8 Å². The Hall–Kier alpha value is -7.72. The standard InChI is InChI=1S/2C35H34ClN5O3S2/c2*1-20-31-29-11-10-27(36)33(31)32-21(2)39(3)38-28(32)19-45-17-23-15-24(40(4)37-23)18-46-25-14-22-8-5-6-9-26(22)30(16-25)44-13-7-12-41(29)34(20)35(42)43/h2*5-6,8-11,14-16H,7,12-13,17-19H2,1-4H3,(H,42,43). The summed E-state index contributed by atoms with van der Waals surface area (Å²) >= 11 is 21.0. The molecule has 0 atom stereocenters. The second-order valence-corrected chi connectivity index (χ2v) is 28.2. The SMILES string of the molecule is Cc1c(C(=O)O)n2c3ccc(Cl)c(c13)-c1c(nn(C)c1C)CSCc1cc(n(C)n1)CSc1cc(c3ccccc3c1)OCCC2.Cc1c(C(=O)O)n2c3ccc(Cl)c(c13)-c1c(nn(C)c1C)CSCc1cc(n(C)n1)CSc1cc(c3ccccc3c1)OCCC2. The Kier molecular flexibility index (Phi) is 18.1. The summed E-state index contributed by atoms with van der Waals surface area (Å²) in [4.78, 5) is 27.7. The molecule has 22 heteroatoms. The summed E-state index contributed by atoms with van der Waals surface area (Å²) in [5.74, 6) is 4.08. The number of nitrogens with zero attached hydrogens (tertiary/aromatic N) is 10. The molecule has 0 amide bonds. The number of carboxylic acids is 2. The highest BCUT2D eigenvalue weighted by molar-refractivity contribution is 7.99. The zero-order valence-corrected chi connectivity index (χ0v) is 57.0. The number of aromatic carboxylic acids is 2. The monoisotopic (exact) mass is 1340 g/mol. The highest BCUT2D eigenvalue weighted by Crippen LogP contribution is 2.46. The molecule has 0 aliphatic carbocycles. The third-order valence-corrected chi connectivity index (χ3v) is 22.1. The Balaban J connectivity index is 0.000000168. The predicted molar refractivity (Wildman–Crippen MR) is 375 cm³/mol. The minimum Gasteiger partial charge on any atom is -0.493 e. The summed E-state index contributed by atoms with van der Waals surface area (Å²) in [5, 5.41) is 47.5.